The third kappa shape index (κ3) is 3.85. The van der Waals surface area contributed by atoms with Crippen molar-refractivity contribution >= 4 is 17.4 Å². The van der Waals surface area contributed by atoms with Crippen molar-refractivity contribution in [2.45, 2.75) is 25.4 Å². The summed E-state index contributed by atoms with van der Waals surface area (Å²) in [4.78, 5) is 12.1. The highest BCUT2D eigenvalue weighted by Crippen LogP contribution is 2.27. The highest BCUT2D eigenvalue weighted by Gasteiger charge is 2.37. The van der Waals surface area contributed by atoms with E-state index in [1.54, 1.807) is 31.2 Å². The number of carbonyl (C=O) groups excluding carboxylic acids is 1. The first-order valence-corrected chi connectivity index (χ1v) is 6.68. The lowest BCUT2D eigenvalue weighted by molar-refractivity contribution is -0.133. The monoisotopic (exact) mass is 293 g/mol. The van der Waals surface area contributed by atoms with E-state index in [4.69, 9.17) is 20.4 Å². The van der Waals surface area contributed by atoms with Crippen molar-refractivity contribution in [3.63, 3.8) is 0 Å². The molecule has 0 saturated carbocycles. The number of nitrogens with one attached hydrogen (secondary N) is 1. The van der Waals surface area contributed by atoms with Gasteiger partial charge in [0.05, 0.1) is 0 Å². The van der Waals surface area contributed by atoms with E-state index in [9.17, 15) is 4.79 Å². The number of rotatable bonds is 5. The van der Waals surface area contributed by atoms with Gasteiger partial charge in [-0.1, -0.05) is 5.16 Å². The third-order valence-electron chi connectivity index (χ3n) is 3.33. The number of oxime groups is 1. The average molecular weight is 293 g/mol. The van der Waals surface area contributed by atoms with Crippen molar-refractivity contribution < 1.29 is 19.5 Å². The number of amidine groups is 1. The molecule has 1 aromatic carbocycles. The average Bonchev–Trinajstić information content (AvgIpc) is 2.94. The Labute approximate surface area is 122 Å². The lowest BCUT2D eigenvalue weighted by Crippen LogP contribution is -2.39. The van der Waals surface area contributed by atoms with Crippen LogP contribution >= 0.6 is 0 Å². The van der Waals surface area contributed by atoms with E-state index in [0.29, 0.717) is 18.0 Å². The molecule has 1 fully saturated rings. The number of hydrogen-bond donors (Lipinski definition) is 3. The van der Waals surface area contributed by atoms with Crippen LogP contribution in [-0.2, 0) is 9.53 Å². The highest BCUT2D eigenvalue weighted by atomic mass is 16.5. The lowest BCUT2D eigenvalue weighted by Gasteiger charge is -2.21. The Bertz CT molecular complexity index is 522. The number of carbonyl (C=O) groups is 1. The zero-order valence-corrected chi connectivity index (χ0v) is 11.8. The Hall–Kier alpha value is -2.28. The molecule has 0 bridgehead atoms. The number of ether oxygens (including phenoxy) is 2. The molecule has 7 nitrogen and oxygen atoms in total. The van der Waals surface area contributed by atoms with Gasteiger partial charge in [0.15, 0.2) is 5.84 Å². The van der Waals surface area contributed by atoms with Gasteiger partial charge in [0.25, 0.3) is 5.91 Å². The molecule has 7 heteroatoms. The van der Waals surface area contributed by atoms with E-state index in [2.05, 4.69) is 10.5 Å². The summed E-state index contributed by atoms with van der Waals surface area (Å²) in [6.45, 7) is 2.41. The van der Waals surface area contributed by atoms with Gasteiger partial charge in [-0.3, -0.25) is 4.79 Å². The van der Waals surface area contributed by atoms with Gasteiger partial charge in [-0.15, -0.1) is 0 Å². The minimum atomic E-state index is -0.749. The van der Waals surface area contributed by atoms with E-state index in [0.717, 1.165) is 12.8 Å². The Balaban J connectivity index is 1.91. The van der Waals surface area contributed by atoms with E-state index < -0.39 is 5.60 Å². The Kier molecular flexibility index (Phi) is 4.64. The number of benzene rings is 1. The van der Waals surface area contributed by atoms with Crippen molar-refractivity contribution in [1.29, 1.82) is 0 Å². The molecule has 1 unspecified atom stereocenters. The lowest BCUT2D eigenvalue weighted by atomic mass is 10.0. The quantitative estimate of drug-likeness (QED) is 0.328. The Morgan fingerprint density at radius 2 is 2.24 bits per heavy atom. The van der Waals surface area contributed by atoms with Gasteiger partial charge >= 0.3 is 0 Å². The molecule has 1 aliphatic heterocycles. The predicted molar refractivity (Wildman–Crippen MR) is 77.6 cm³/mol. The van der Waals surface area contributed by atoms with Crippen LogP contribution in [0.5, 0.6) is 5.75 Å². The van der Waals surface area contributed by atoms with Gasteiger partial charge in [-0.25, -0.2) is 0 Å². The first kappa shape index (κ1) is 15.1. The number of anilines is 1. The topological polar surface area (TPSA) is 106 Å². The summed E-state index contributed by atoms with van der Waals surface area (Å²) in [6, 6.07) is 6.83. The summed E-state index contributed by atoms with van der Waals surface area (Å²) in [5.74, 6) is 0.395. The highest BCUT2D eigenvalue weighted by molar-refractivity contribution is 5.97. The predicted octanol–water partition coefficient (Wildman–Crippen LogP) is 1.32. The van der Waals surface area contributed by atoms with Crippen molar-refractivity contribution in [2.75, 3.05) is 18.5 Å². The van der Waals surface area contributed by atoms with Crippen LogP contribution in [0.2, 0.25) is 0 Å². The summed E-state index contributed by atoms with van der Waals surface area (Å²) < 4.78 is 10.8. The first-order valence-electron chi connectivity index (χ1n) is 6.68. The molecular weight excluding hydrogens is 274 g/mol. The summed E-state index contributed by atoms with van der Waals surface area (Å²) in [6.07, 6.45) is 1.62. The maximum Gasteiger partial charge on any atom is 0.256 e. The van der Waals surface area contributed by atoms with Gasteiger partial charge in [-0.05, 0) is 44.0 Å². The molecule has 1 aliphatic rings. The number of hydrogen-bond acceptors (Lipinski definition) is 5. The molecule has 1 atom stereocenters. The second-order valence-corrected chi connectivity index (χ2v) is 5.04. The van der Waals surface area contributed by atoms with E-state index >= 15 is 0 Å². The molecule has 21 heavy (non-hydrogen) atoms. The molecule has 114 valence electrons. The summed E-state index contributed by atoms with van der Waals surface area (Å²) in [5, 5.41) is 14.0. The van der Waals surface area contributed by atoms with Crippen LogP contribution in [-0.4, -0.2) is 35.8 Å². The van der Waals surface area contributed by atoms with E-state index in [1.807, 2.05) is 0 Å². The van der Waals surface area contributed by atoms with Crippen LogP contribution in [0.15, 0.2) is 29.4 Å². The maximum atomic E-state index is 12.1. The van der Waals surface area contributed by atoms with Gasteiger partial charge in [0.1, 0.15) is 18.0 Å². The van der Waals surface area contributed by atoms with Crippen LogP contribution in [0.3, 0.4) is 0 Å². The van der Waals surface area contributed by atoms with Crippen LogP contribution in [0.4, 0.5) is 5.69 Å². The van der Waals surface area contributed by atoms with Gasteiger partial charge < -0.3 is 25.7 Å². The second kappa shape index (κ2) is 6.45. The first-order chi connectivity index (χ1) is 10.0. The molecule has 1 amide bonds. The Morgan fingerprint density at radius 1 is 1.52 bits per heavy atom. The van der Waals surface area contributed by atoms with Crippen LogP contribution in [0.1, 0.15) is 19.8 Å². The number of amides is 1. The molecule has 0 aliphatic carbocycles. The fourth-order valence-corrected chi connectivity index (χ4v) is 2.04. The summed E-state index contributed by atoms with van der Waals surface area (Å²) in [5.41, 5.74) is 5.22. The Morgan fingerprint density at radius 3 is 2.81 bits per heavy atom. The molecule has 0 spiro atoms. The smallest absolute Gasteiger partial charge is 0.256 e. The standard InChI is InChI=1S/C14H19N3O4/c1-14(7-2-8-21-14)13(18)16-10-3-5-11(6-4-10)20-9-12(15)17-19/h3-6,19H,2,7-9H2,1H3,(H2,15,17)(H,16,18). The summed E-state index contributed by atoms with van der Waals surface area (Å²) in [7, 11) is 0. The molecule has 1 saturated heterocycles. The maximum absolute atomic E-state index is 12.1. The molecule has 2 rings (SSSR count). The van der Waals surface area contributed by atoms with Crippen molar-refractivity contribution in [3.05, 3.63) is 24.3 Å². The fourth-order valence-electron chi connectivity index (χ4n) is 2.04. The van der Waals surface area contributed by atoms with Crippen molar-refractivity contribution in [1.82, 2.24) is 0 Å². The van der Waals surface area contributed by atoms with E-state index in [1.165, 1.54) is 0 Å². The molecule has 4 N–H and O–H groups in total. The SMILES string of the molecule is CC1(C(=O)Nc2ccc(OC/C(N)=N/O)cc2)CCCO1. The molecule has 1 aromatic rings. The molecule has 1 heterocycles. The van der Waals surface area contributed by atoms with Crippen molar-refractivity contribution in [3.8, 4) is 5.75 Å². The molecular formula is C14H19N3O4. The normalized spacial score (nSPS) is 22.0. The van der Waals surface area contributed by atoms with Gasteiger partial charge in [-0.2, -0.15) is 0 Å². The largest absolute Gasteiger partial charge is 0.486 e. The van der Waals surface area contributed by atoms with Gasteiger partial charge in [0.2, 0.25) is 0 Å². The number of nitrogens with zero attached hydrogens (tertiary/aromatic N) is 1. The van der Waals surface area contributed by atoms with Crippen LogP contribution in [0.25, 0.3) is 0 Å². The van der Waals surface area contributed by atoms with E-state index in [-0.39, 0.29) is 18.3 Å². The number of nitrogens with two attached hydrogens (primary N) is 1. The van der Waals surface area contributed by atoms with Gasteiger partial charge in [0, 0.05) is 12.3 Å². The fraction of sp³-hybridized carbons (Fsp3) is 0.429. The van der Waals surface area contributed by atoms with Crippen LogP contribution in [0, 0.1) is 0 Å². The molecule has 0 radical (unpaired) electrons. The second-order valence-electron chi connectivity index (χ2n) is 5.04. The molecule has 0 aromatic heterocycles. The zero-order valence-electron chi connectivity index (χ0n) is 11.8. The summed E-state index contributed by atoms with van der Waals surface area (Å²) >= 11 is 0. The minimum absolute atomic E-state index is 0.00584. The van der Waals surface area contributed by atoms with Crippen LogP contribution < -0.4 is 15.8 Å². The van der Waals surface area contributed by atoms with Crippen molar-refractivity contribution in [2.24, 2.45) is 10.9 Å². The minimum Gasteiger partial charge on any atom is -0.486 e. The third-order valence-corrected chi connectivity index (χ3v) is 3.33. The zero-order chi connectivity index (χ0) is 15.3.